The van der Waals surface area contributed by atoms with Crippen LogP contribution in [-0.4, -0.2) is 30.1 Å². The number of fused-ring (bicyclic) bond motifs is 1. The second-order valence-electron chi connectivity index (χ2n) is 6.21. The first-order valence-electron chi connectivity index (χ1n) is 8.63. The number of methoxy groups -OCH3 is 1. The van der Waals surface area contributed by atoms with Crippen LogP contribution in [0.4, 0.5) is 0 Å². The molecule has 7 nitrogen and oxygen atoms in total. The molecule has 0 aliphatic carbocycles. The van der Waals surface area contributed by atoms with Crippen LogP contribution < -0.4 is 9.46 Å². The standard InChI is InChI=1S/C19H17ClN4O3S2/c1-12-23-24-15(18(22-19(24)28-12)13-6-4-3-5-7-13)11-21-29(25,26)17-10-14(20)8-9-16(17)27-2/h3-10,21H,11H2,1-2H3. The molecule has 0 atom stereocenters. The molecule has 1 N–H and O–H groups in total. The van der Waals surface area contributed by atoms with E-state index in [0.29, 0.717) is 21.4 Å². The molecule has 0 amide bonds. The fraction of sp³-hybridized carbons (Fsp3) is 0.158. The summed E-state index contributed by atoms with van der Waals surface area (Å²) in [6.07, 6.45) is 0. The minimum absolute atomic E-state index is 0.00652. The Hall–Kier alpha value is -2.46. The summed E-state index contributed by atoms with van der Waals surface area (Å²) < 4.78 is 35.4. The Kier molecular flexibility index (Phi) is 5.30. The molecule has 0 spiro atoms. The highest BCUT2D eigenvalue weighted by atomic mass is 35.5. The van der Waals surface area contributed by atoms with Gasteiger partial charge in [0.25, 0.3) is 0 Å². The number of imidazole rings is 1. The molecule has 0 unspecified atom stereocenters. The summed E-state index contributed by atoms with van der Waals surface area (Å²) in [4.78, 5) is 5.34. The number of rotatable bonds is 6. The van der Waals surface area contributed by atoms with Crippen LogP contribution in [0.1, 0.15) is 10.7 Å². The van der Waals surface area contributed by atoms with E-state index in [-0.39, 0.29) is 17.2 Å². The number of halogens is 1. The molecule has 4 rings (SSSR count). The first-order chi connectivity index (χ1) is 13.9. The number of aryl methyl sites for hydroxylation is 1. The van der Waals surface area contributed by atoms with Gasteiger partial charge in [-0.2, -0.15) is 5.10 Å². The molecule has 0 saturated heterocycles. The number of hydrogen-bond acceptors (Lipinski definition) is 6. The van der Waals surface area contributed by atoms with Crippen molar-refractivity contribution < 1.29 is 13.2 Å². The molecule has 0 radical (unpaired) electrons. The van der Waals surface area contributed by atoms with Crippen LogP contribution in [0.5, 0.6) is 5.75 Å². The Balaban J connectivity index is 1.74. The van der Waals surface area contributed by atoms with Crippen LogP contribution in [-0.2, 0) is 16.6 Å². The molecule has 0 saturated carbocycles. The van der Waals surface area contributed by atoms with Gasteiger partial charge in [-0.3, -0.25) is 0 Å². The zero-order chi connectivity index (χ0) is 20.6. The molecular formula is C19H17ClN4O3S2. The van der Waals surface area contributed by atoms with Crippen LogP contribution in [0.2, 0.25) is 5.02 Å². The highest BCUT2D eigenvalue weighted by molar-refractivity contribution is 7.89. The number of aromatic nitrogens is 3. The Morgan fingerprint density at radius 2 is 1.97 bits per heavy atom. The van der Waals surface area contributed by atoms with Gasteiger partial charge < -0.3 is 4.74 Å². The summed E-state index contributed by atoms with van der Waals surface area (Å²) in [5, 5.41) is 5.62. The van der Waals surface area contributed by atoms with Crippen LogP contribution in [0.15, 0.2) is 53.4 Å². The van der Waals surface area contributed by atoms with Crippen LogP contribution in [0.3, 0.4) is 0 Å². The Bertz CT molecular complexity index is 1280. The monoisotopic (exact) mass is 448 g/mol. The third kappa shape index (κ3) is 3.86. The molecule has 0 fully saturated rings. The van der Waals surface area contributed by atoms with E-state index >= 15 is 0 Å². The van der Waals surface area contributed by atoms with E-state index in [1.807, 2.05) is 37.3 Å². The van der Waals surface area contributed by atoms with Crippen molar-refractivity contribution in [3.63, 3.8) is 0 Å². The lowest BCUT2D eigenvalue weighted by Crippen LogP contribution is -2.25. The number of benzene rings is 2. The second-order valence-corrected chi connectivity index (χ2v) is 9.54. The van der Waals surface area contributed by atoms with Gasteiger partial charge in [-0.1, -0.05) is 53.3 Å². The van der Waals surface area contributed by atoms with E-state index < -0.39 is 10.0 Å². The zero-order valence-corrected chi connectivity index (χ0v) is 18.0. The molecule has 0 bridgehead atoms. The van der Waals surface area contributed by atoms with Crippen molar-refractivity contribution in [1.82, 2.24) is 19.3 Å². The highest BCUT2D eigenvalue weighted by Crippen LogP contribution is 2.29. The highest BCUT2D eigenvalue weighted by Gasteiger charge is 2.23. The average Bonchev–Trinajstić information content (AvgIpc) is 3.23. The average molecular weight is 449 g/mol. The SMILES string of the molecule is COc1ccc(Cl)cc1S(=O)(=O)NCc1c(-c2ccccc2)nc2sc(C)nn12. The first-order valence-corrected chi connectivity index (χ1v) is 11.3. The predicted octanol–water partition coefficient (Wildman–Crippen LogP) is 3.91. The summed E-state index contributed by atoms with van der Waals surface area (Å²) in [6, 6.07) is 14.0. The van der Waals surface area contributed by atoms with Gasteiger partial charge in [-0.05, 0) is 25.1 Å². The Morgan fingerprint density at radius 3 is 2.69 bits per heavy atom. The second kappa shape index (κ2) is 7.75. The molecule has 29 heavy (non-hydrogen) atoms. The summed E-state index contributed by atoms with van der Waals surface area (Å²) in [7, 11) is -2.48. The largest absolute Gasteiger partial charge is 0.495 e. The minimum Gasteiger partial charge on any atom is -0.495 e. The van der Waals surface area contributed by atoms with Crippen LogP contribution in [0.25, 0.3) is 16.2 Å². The van der Waals surface area contributed by atoms with E-state index in [4.69, 9.17) is 16.3 Å². The Morgan fingerprint density at radius 1 is 1.21 bits per heavy atom. The summed E-state index contributed by atoms with van der Waals surface area (Å²) >= 11 is 7.44. The molecule has 0 aliphatic heterocycles. The van der Waals surface area contributed by atoms with Crippen molar-refractivity contribution in [1.29, 1.82) is 0 Å². The quantitative estimate of drug-likeness (QED) is 0.483. The van der Waals surface area contributed by atoms with Crippen molar-refractivity contribution in [2.24, 2.45) is 0 Å². The van der Waals surface area contributed by atoms with Crippen molar-refractivity contribution >= 4 is 37.9 Å². The maximum Gasteiger partial charge on any atom is 0.244 e. The topological polar surface area (TPSA) is 85.6 Å². The van der Waals surface area contributed by atoms with Gasteiger partial charge in [-0.15, -0.1) is 0 Å². The molecule has 0 aliphatic rings. The molecule has 2 aromatic carbocycles. The number of hydrogen-bond donors (Lipinski definition) is 1. The normalized spacial score (nSPS) is 11.8. The van der Waals surface area contributed by atoms with Crippen molar-refractivity contribution in [3.8, 4) is 17.0 Å². The number of ether oxygens (including phenoxy) is 1. The maximum absolute atomic E-state index is 13.0. The van der Waals surface area contributed by atoms with E-state index in [1.165, 1.54) is 30.6 Å². The number of nitrogens with one attached hydrogen (secondary N) is 1. The van der Waals surface area contributed by atoms with Gasteiger partial charge in [-0.25, -0.2) is 22.6 Å². The number of nitrogens with zero attached hydrogens (tertiary/aromatic N) is 3. The smallest absolute Gasteiger partial charge is 0.244 e. The first kappa shape index (κ1) is 19.8. The van der Waals surface area contributed by atoms with Gasteiger partial charge in [0.1, 0.15) is 15.7 Å². The zero-order valence-electron chi connectivity index (χ0n) is 15.6. The van der Waals surface area contributed by atoms with E-state index in [9.17, 15) is 8.42 Å². The minimum atomic E-state index is -3.89. The van der Waals surface area contributed by atoms with Gasteiger partial charge >= 0.3 is 0 Å². The van der Waals surface area contributed by atoms with E-state index in [0.717, 1.165) is 10.6 Å². The van der Waals surface area contributed by atoms with Crippen molar-refractivity contribution in [2.75, 3.05) is 7.11 Å². The molecule has 2 heterocycles. The van der Waals surface area contributed by atoms with Crippen LogP contribution >= 0.6 is 22.9 Å². The summed E-state index contributed by atoms with van der Waals surface area (Å²) in [5.74, 6) is 0.216. The van der Waals surface area contributed by atoms with Crippen molar-refractivity contribution in [2.45, 2.75) is 18.4 Å². The molecule has 150 valence electrons. The molecule has 4 aromatic rings. The third-order valence-corrected chi connectivity index (χ3v) is 6.77. The van der Waals surface area contributed by atoms with E-state index in [2.05, 4.69) is 14.8 Å². The lowest BCUT2D eigenvalue weighted by Gasteiger charge is -2.11. The lowest BCUT2D eigenvalue weighted by atomic mass is 10.1. The molecule has 2 aromatic heterocycles. The van der Waals surface area contributed by atoms with Gasteiger partial charge in [0.2, 0.25) is 15.0 Å². The molecular weight excluding hydrogens is 432 g/mol. The third-order valence-electron chi connectivity index (χ3n) is 4.29. The lowest BCUT2D eigenvalue weighted by molar-refractivity contribution is 0.402. The predicted molar refractivity (Wildman–Crippen MR) is 113 cm³/mol. The molecule has 10 heteroatoms. The Labute approximate surface area is 177 Å². The summed E-state index contributed by atoms with van der Waals surface area (Å²) in [5.41, 5.74) is 2.22. The van der Waals surface area contributed by atoms with Gasteiger partial charge in [0, 0.05) is 10.6 Å². The van der Waals surface area contributed by atoms with Gasteiger partial charge in [0.05, 0.1) is 25.0 Å². The fourth-order valence-corrected chi connectivity index (χ4v) is 5.15. The maximum atomic E-state index is 13.0. The van der Waals surface area contributed by atoms with E-state index in [1.54, 1.807) is 10.6 Å². The number of sulfonamides is 1. The fourth-order valence-electron chi connectivity index (χ4n) is 2.97. The van der Waals surface area contributed by atoms with Gasteiger partial charge in [0.15, 0.2) is 0 Å². The van der Waals surface area contributed by atoms with Crippen LogP contribution in [0, 0.1) is 6.92 Å². The summed E-state index contributed by atoms with van der Waals surface area (Å²) in [6.45, 7) is 1.89. The van der Waals surface area contributed by atoms with Crippen molar-refractivity contribution in [3.05, 3.63) is 64.3 Å².